The lowest BCUT2D eigenvalue weighted by molar-refractivity contribution is 0.141. The molecular weight excluding hydrogens is 316 g/mol. The van der Waals surface area contributed by atoms with Crippen LogP contribution in [0.1, 0.15) is 11.1 Å². The molecule has 0 aliphatic carbocycles. The van der Waals surface area contributed by atoms with Crippen molar-refractivity contribution in [1.29, 1.82) is 0 Å². The van der Waals surface area contributed by atoms with Crippen molar-refractivity contribution in [3.05, 3.63) is 64.8 Å². The maximum absolute atomic E-state index is 11.5. The highest BCUT2D eigenvalue weighted by molar-refractivity contribution is 6.31. The Balaban J connectivity index is 1.73. The Bertz CT molecular complexity index is 675. The normalized spacial score (nSPS) is 10.5. The highest BCUT2D eigenvalue weighted by Crippen LogP contribution is 2.22. The van der Waals surface area contributed by atoms with Crippen molar-refractivity contribution >= 4 is 23.8 Å². The highest BCUT2D eigenvalue weighted by atomic mass is 35.5. The zero-order valence-electron chi connectivity index (χ0n) is 12.7. The number of nitrogens with zero attached hydrogens (tertiary/aromatic N) is 1. The number of rotatable bonds is 6. The molecule has 1 aromatic carbocycles. The summed E-state index contributed by atoms with van der Waals surface area (Å²) in [6, 6.07) is 11.2. The van der Waals surface area contributed by atoms with Crippen LogP contribution in [0.15, 0.2) is 48.7 Å². The molecule has 23 heavy (non-hydrogen) atoms. The Hall–Kier alpha value is -2.53. The van der Waals surface area contributed by atoms with E-state index in [1.807, 2.05) is 30.3 Å². The van der Waals surface area contributed by atoms with Crippen molar-refractivity contribution in [3.63, 3.8) is 0 Å². The Labute approximate surface area is 139 Å². The van der Waals surface area contributed by atoms with E-state index in [1.165, 1.54) is 7.11 Å². The summed E-state index contributed by atoms with van der Waals surface area (Å²) in [6.45, 7) is 0.589. The third-order valence-corrected chi connectivity index (χ3v) is 3.18. The van der Waals surface area contributed by atoms with Crippen molar-refractivity contribution < 1.29 is 14.3 Å². The topological polar surface area (TPSA) is 60.5 Å². The third kappa shape index (κ3) is 5.64. The number of methoxy groups -OCH3 is 1. The van der Waals surface area contributed by atoms with E-state index in [9.17, 15) is 4.79 Å². The Morgan fingerprint density at radius 2 is 2.13 bits per heavy atom. The van der Waals surface area contributed by atoms with E-state index in [4.69, 9.17) is 21.1 Å². The number of hydrogen-bond donors (Lipinski definition) is 1. The lowest BCUT2D eigenvalue weighted by Crippen LogP contribution is -2.24. The molecule has 120 valence electrons. The van der Waals surface area contributed by atoms with E-state index >= 15 is 0 Å². The first-order valence-corrected chi connectivity index (χ1v) is 7.37. The smallest absolute Gasteiger partial charge is 0.407 e. The summed E-state index contributed by atoms with van der Waals surface area (Å²) in [5.74, 6) is 0.381. The van der Waals surface area contributed by atoms with Gasteiger partial charge in [0.15, 0.2) is 0 Å². The van der Waals surface area contributed by atoms with E-state index < -0.39 is 6.09 Å². The summed E-state index contributed by atoms with van der Waals surface area (Å²) >= 11 is 5.98. The van der Waals surface area contributed by atoms with Crippen LogP contribution < -0.4 is 10.1 Å². The van der Waals surface area contributed by atoms with Crippen LogP contribution in [0.5, 0.6) is 5.88 Å². The molecule has 2 aromatic rings. The second-order valence-electron chi connectivity index (χ2n) is 4.60. The average Bonchev–Trinajstić information content (AvgIpc) is 2.58. The number of carbonyl (C=O) groups excluding carboxylic acids is 1. The molecule has 0 fully saturated rings. The van der Waals surface area contributed by atoms with Crippen molar-refractivity contribution in [2.75, 3.05) is 13.7 Å². The minimum Gasteiger partial charge on any atom is -0.480 e. The van der Waals surface area contributed by atoms with Gasteiger partial charge in [-0.05, 0) is 17.2 Å². The van der Waals surface area contributed by atoms with E-state index in [-0.39, 0.29) is 6.61 Å². The largest absolute Gasteiger partial charge is 0.480 e. The highest BCUT2D eigenvalue weighted by Gasteiger charge is 2.02. The van der Waals surface area contributed by atoms with Crippen LogP contribution in [0, 0.1) is 0 Å². The number of pyridine rings is 1. The summed E-state index contributed by atoms with van der Waals surface area (Å²) in [4.78, 5) is 15.6. The minimum absolute atomic E-state index is 0.244. The lowest BCUT2D eigenvalue weighted by Gasteiger charge is -2.05. The van der Waals surface area contributed by atoms with E-state index in [0.717, 1.165) is 11.1 Å². The van der Waals surface area contributed by atoms with Crippen molar-refractivity contribution in [3.8, 4) is 5.88 Å². The van der Waals surface area contributed by atoms with Gasteiger partial charge in [0.1, 0.15) is 11.6 Å². The molecule has 5 nitrogen and oxygen atoms in total. The summed E-state index contributed by atoms with van der Waals surface area (Å²) in [7, 11) is 1.51. The predicted molar refractivity (Wildman–Crippen MR) is 89.5 cm³/mol. The van der Waals surface area contributed by atoms with Gasteiger partial charge in [-0.25, -0.2) is 9.78 Å². The molecule has 1 heterocycles. The summed E-state index contributed by atoms with van der Waals surface area (Å²) in [5, 5.41) is 3.07. The van der Waals surface area contributed by atoms with Gasteiger partial charge in [-0.15, -0.1) is 0 Å². The molecule has 1 amide bonds. The van der Waals surface area contributed by atoms with Gasteiger partial charge >= 0.3 is 6.09 Å². The van der Waals surface area contributed by atoms with Gasteiger partial charge in [-0.1, -0.05) is 54.1 Å². The zero-order chi connectivity index (χ0) is 16.5. The minimum atomic E-state index is -0.468. The Kier molecular flexibility index (Phi) is 6.44. The van der Waals surface area contributed by atoms with E-state index in [1.54, 1.807) is 24.4 Å². The number of aromatic nitrogens is 1. The fourth-order valence-corrected chi connectivity index (χ4v) is 2.04. The first kappa shape index (κ1) is 16.8. The summed E-state index contributed by atoms with van der Waals surface area (Å²) < 4.78 is 10.1. The van der Waals surface area contributed by atoms with Crippen LogP contribution in [0.25, 0.3) is 6.08 Å². The number of benzene rings is 1. The molecule has 1 N–H and O–H groups in total. The molecule has 0 saturated heterocycles. The molecule has 6 heteroatoms. The van der Waals surface area contributed by atoms with Gasteiger partial charge in [0, 0.05) is 12.7 Å². The number of carbonyl (C=O) groups is 1. The molecule has 0 spiro atoms. The van der Waals surface area contributed by atoms with Crippen molar-refractivity contribution in [2.45, 2.75) is 6.61 Å². The maximum Gasteiger partial charge on any atom is 0.407 e. The van der Waals surface area contributed by atoms with Crippen LogP contribution in [-0.2, 0) is 11.3 Å². The molecule has 2 rings (SSSR count). The fourth-order valence-electron chi connectivity index (χ4n) is 1.79. The lowest BCUT2D eigenvalue weighted by atomic mass is 10.2. The summed E-state index contributed by atoms with van der Waals surface area (Å²) in [6.07, 6.45) is 4.75. The molecule has 0 radical (unpaired) electrons. The number of hydrogen-bond acceptors (Lipinski definition) is 4. The molecule has 1 aromatic heterocycles. The van der Waals surface area contributed by atoms with Crippen LogP contribution in [0.2, 0.25) is 5.02 Å². The maximum atomic E-state index is 11.5. The summed E-state index contributed by atoms with van der Waals surface area (Å²) in [5.41, 5.74) is 1.76. The van der Waals surface area contributed by atoms with Gasteiger partial charge in [-0.2, -0.15) is 0 Å². The fraction of sp³-hybridized carbons (Fsp3) is 0.176. The second-order valence-corrected chi connectivity index (χ2v) is 5.01. The van der Waals surface area contributed by atoms with Crippen molar-refractivity contribution in [2.24, 2.45) is 0 Å². The van der Waals surface area contributed by atoms with Crippen molar-refractivity contribution in [1.82, 2.24) is 10.3 Å². The quantitative estimate of drug-likeness (QED) is 0.876. The molecule has 0 aliphatic rings. The monoisotopic (exact) mass is 332 g/mol. The molecule has 0 bridgehead atoms. The van der Waals surface area contributed by atoms with Crippen LogP contribution >= 0.6 is 11.6 Å². The van der Waals surface area contributed by atoms with Crippen LogP contribution in [0.3, 0.4) is 0 Å². The zero-order valence-corrected chi connectivity index (χ0v) is 13.4. The molecule has 0 unspecified atom stereocenters. The van der Waals surface area contributed by atoms with Gasteiger partial charge in [-0.3, -0.25) is 0 Å². The third-order valence-electron chi connectivity index (χ3n) is 2.91. The van der Waals surface area contributed by atoms with Crippen LogP contribution in [0.4, 0.5) is 4.79 Å². The predicted octanol–water partition coefficient (Wildman–Crippen LogP) is 3.68. The first-order valence-electron chi connectivity index (χ1n) is 6.99. The number of halogens is 1. The number of alkyl carbamates (subject to hydrolysis) is 1. The SMILES string of the molecule is COc1ncc(C=CCNC(=O)OCc2ccccc2)cc1Cl. The Morgan fingerprint density at radius 1 is 1.35 bits per heavy atom. The molecular formula is C17H17ClN2O3. The van der Waals surface area contributed by atoms with Crippen LogP contribution in [-0.4, -0.2) is 24.7 Å². The molecule has 0 saturated carbocycles. The number of amides is 1. The number of nitrogens with one attached hydrogen (secondary N) is 1. The van der Waals surface area contributed by atoms with E-state index in [0.29, 0.717) is 17.4 Å². The average molecular weight is 333 g/mol. The standard InChI is InChI=1S/C17H17ClN2O3/c1-22-16-15(18)10-14(11-20-16)8-5-9-19-17(21)23-12-13-6-3-2-4-7-13/h2-8,10-11H,9,12H2,1H3,(H,19,21). The van der Waals surface area contributed by atoms with Gasteiger partial charge in [0.2, 0.25) is 5.88 Å². The first-order chi connectivity index (χ1) is 11.2. The molecule has 0 aliphatic heterocycles. The second kappa shape index (κ2) is 8.80. The van der Waals surface area contributed by atoms with E-state index in [2.05, 4.69) is 10.3 Å². The van der Waals surface area contributed by atoms with Gasteiger partial charge in [0.25, 0.3) is 0 Å². The Morgan fingerprint density at radius 3 is 2.83 bits per heavy atom. The molecule has 0 atom stereocenters. The number of ether oxygens (including phenoxy) is 2. The van der Waals surface area contributed by atoms with Gasteiger partial charge in [0.05, 0.1) is 7.11 Å². The van der Waals surface area contributed by atoms with Gasteiger partial charge < -0.3 is 14.8 Å².